The number of aryl methyl sites for hydroxylation is 2. The summed E-state index contributed by atoms with van der Waals surface area (Å²) in [5, 5.41) is 3.66. The molecule has 1 aliphatic heterocycles. The van der Waals surface area contributed by atoms with Gasteiger partial charge < -0.3 is 15.0 Å². The van der Waals surface area contributed by atoms with Crippen molar-refractivity contribution in [1.82, 2.24) is 4.90 Å². The molecule has 2 rings (SSSR count). The van der Waals surface area contributed by atoms with Gasteiger partial charge in [0.25, 0.3) is 0 Å². The molecule has 0 aliphatic carbocycles. The first kappa shape index (κ1) is 17.6. The van der Waals surface area contributed by atoms with Crippen molar-refractivity contribution >= 4 is 11.8 Å². The summed E-state index contributed by atoms with van der Waals surface area (Å²) in [5.74, 6) is 0. The topological polar surface area (TPSA) is 41.6 Å². The summed E-state index contributed by atoms with van der Waals surface area (Å²) >= 11 is 0. The molecule has 0 spiro atoms. The first-order valence-electron chi connectivity index (χ1n) is 8.56. The molecule has 23 heavy (non-hydrogen) atoms. The quantitative estimate of drug-likeness (QED) is 0.872. The number of rotatable bonds is 2. The molecular formula is C19H30N2O2. The van der Waals surface area contributed by atoms with Crippen LogP contribution in [-0.4, -0.2) is 35.7 Å². The van der Waals surface area contributed by atoms with Gasteiger partial charge >= 0.3 is 6.09 Å². The minimum atomic E-state index is -0.431. The van der Waals surface area contributed by atoms with Crippen molar-refractivity contribution in [3.8, 4) is 0 Å². The molecule has 1 N–H and O–H groups in total. The van der Waals surface area contributed by atoms with E-state index in [9.17, 15) is 4.79 Å². The number of nitrogens with zero attached hydrogens (tertiary/aromatic N) is 1. The highest BCUT2D eigenvalue weighted by atomic mass is 16.6. The largest absolute Gasteiger partial charge is 0.444 e. The predicted octanol–water partition coefficient (Wildman–Crippen LogP) is 4.50. The van der Waals surface area contributed by atoms with Crippen LogP contribution in [0.15, 0.2) is 18.2 Å². The molecule has 1 aliphatic rings. The average molecular weight is 318 g/mol. The Hall–Kier alpha value is -1.71. The molecule has 128 valence electrons. The van der Waals surface area contributed by atoms with E-state index in [2.05, 4.69) is 37.4 Å². The summed E-state index contributed by atoms with van der Waals surface area (Å²) in [5.41, 5.74) is 3.31. The van der Waals surface area contributed by atoms with Crippen molar-refractivity contribution in [2.45, 2.75) is 65.5 Å². The standard InChI is InChI=1S/C19H30N2O2/c1-14-8-9-15(2)17(13-14)20-16-7-6-11-21(12-10-16)18(22)23-19(3,4)5/h8-9,13,16,20H,6-7,10-12H2,1-5H3. The fourth-order valence-electron chi connectivity index (χ4n) is 2.86. The van der Waals surface area contributed by atoms with E-state index in [1.165, 1.54) is 16.8 Å². The lowest BCUT2D eigenvalue weighted by Gasteiger charge is -2.26. The maximum atomic E-state index is 12.2. The van der Waals surface area contributed by atoms with E-state index >= 15 is 0 Å². The zero-order valence-electron chi connectivity index (χ0n) is 15.1. The molecule has 1 fully saturated rings. The van der Waals surface area contributed by atoms with Gasteiger partial charge in [0.15, 0.2) is 0 Å². The molecule has 4 heteroatoms. The third kappa shape index (κ3) is 5.45. The van der Waals surface area contributed by atoms with Crippen molar-refractivity contribution in [2.75, 3.05) is 18.4 Å². The maximum absolute atomic E-state index is 12.2. The number of benzene rings is 1. The second-order valence-electron chi connectivity index (χ2n) is 7.56. The van der Waals surface area contributed by atoms with Crippen LogP contribution in [0.2, 0.25) is 0 Å². The Bertz CT molecular complexity index is 549. The summed E-state index contributed by atoms with van der Waals surface area (Å²) in [6, 6.07) is 6.90. The van der Waals surface area contributed by atoms with Crippen LogP contribution in [0.3, 0.4) is 0 Å². The Balaban J connectivity index is 1.93. The molecule has 1 aromatic carbocycles. The Labute approximate surface area is 140 Å². The monoisotopic (exact) mass is 318 g/mol. The Kier molecular flexibility index (Phi) is 5.55. The minimum absolute atomic E-state index is 0.190. The number of carbonyl (C=O) groups excluding carboxylic acids is 1. The van der Waals surface area contributed by atoms with E-state index < -0.39 is 5.60 Å². The molecule has 0 bridgehead atoms. The third-order valence-electron chi connectivity index (χ3n) is 4.13. The number of likely N-dealkylation sites (tertiary alicyclic amines) is 1. The van der Waals surface area contributed by atoms with Crippen LogP contribution in [0.4, 0.5) is 10.5 Å². The SMILES string of the molecule is Cc1ccc(C)c(NC2CCCN(C(=O)OC(C)(C)C)CC2)c1. The normalized spacial score (nSPS) is 19.2. The van der Waals surface area contributed by atoms with Crippen LogP contribution >= 0.6 is 0 Å². The molecule has 1 amide bonds. The van der Waals surface area contributed by atoms with Crippen molar-refractivity contribution in [1.29, 1.82) is 0 Å². The van der Waals surface area contributed by atoms with Gasteiger partial charge in [-0.15, -0.1) is 0 Å². The van der Waals surface area contributed by atoms with Gasteiger partial charge in [0, 0.05) is 24.8 Å². The maximum Gasteiger partial charge on any atom is 0.410 e. The molecule has 0 saturated carbocycles. The fraction of sp³-hybridized carbons (Fsp3) is 0.632. The minimum Gasteiger partial charge on any atom is -0.444 e. The molecule has 1 unspecified atom stereocenters. The predicted molar refractivity (Wildman–Crippen MR) is 95.0 cm³/mol. The van der Waals surface area contributed by atoms with Crippen LogP contribution in [0.1, 0.15) is 51.2 Å². The lowest BCUT2D eigenvalue weighted by Crippen LogP contribution is -2.37. The molecule has 0 aromatic heterocycles. The first-order chi connectivity index (χ1) is 10.7. The number of hydrogen-bond acceptors (Lipinski definition) is 3. The van der Waals surface area contributed by atoms with E-state index in [4.69, 9.17) is 4.74 Å². The molecule has 1 saturated heterocycles. The molecule has 0 radical (unpaired) electrons. The van der Waals surface area contributed by atoms with Crippen LogP contribution in [0.25, 0.3) is 0 Å². The van der Waals surface area contributed by atoms with E-state index in [0.29, 0.717) is 6.04 Å². The van der Waals surface area contributed by atoms with Crippen LogP contribution in [0, 0.1) is 13.8 Å². The van der Waals surface area contributed by atoms with Gasteiger partial charge in [-0.05, 0) is 71.1 Å². The summed E-state index contributed by atoms with van der Waals surface area (Å²) in [4.78, 5) is 14.1. The number of amides is 1. The number of nitrogens with one attached hydrogen (secondary N) is 1. The zero-order valence-corrected chi connectivity index (χ0v) is 15.1. The highest BCUT2D eigenvalue weighted by Gasteiger charge is 2.25. The lowest BCUT2D eigenvalue weighted by molar-refractivity contribution is 0.0256. The van der Waals surface area contributed by atoms with Crippen molar-refractivity contribution in [3.63, 3.8) is 0 Å². The number of hydrogen-bond donors (Lipinski definition) is 1. The molecule has 1 heterocycles. The van der Waals surface area contributed by atoms with E-state index in [0.717, 1.165) is 32.4 Å². The van der Waals surface area contributed by atoms with Crippen molar-refractivity contribution in [3.05, 3.63) is 29.3 Å². The van der Waals surface area contributed by atoms with Gasteiger partial charge in [-0.25, -0.2) is 4.79 Å². The van der Waals surface area contributed by atoms with Gasteiger partial charge in [0.2, 0.25) is 0 Å². The average Bonchev–Trinajstić information content (AvgIpc) is 2.67. The summed E-state index contributed by atoms with van der Waals surface area (Å²) in [7, 11) is 0. The van der Waals surface area contributed by atoms with Crippen LogP contribution < -0.4 is 5.32 Å². The first-order valence-corrected chi connectivity index (χ1v) is 8.56. The second-order valence-corrected chi connectivity index (χ2v) is 7.56. The van der Waals surface area contributed by atoms with Gasteiger partial charge in [-0.3, -0.25) is 0 Å². The van der Waals surface area contributed by atoms with Gasteiger partial charge in [-0.1, -0.05) is 12.1 Å². The number of anilines is 1. The van der Waals surface area contributed by atoms with Crippen LogP contribution in [0.5, 0.6) is 0 Å². The molecular weight excluding hydrogens is 288 g/mol. The van der Waals surface area contributed by atoms with Crippen molar-refractivity contribution < 1.29 is 9.53 Å². The Morgan fingerprint density at radius 3 is 2.65 bits per heavy atom. The summed E-state index contributed by atoms with van der Waals surface area (Å²) in [6.07, 6.45) is 2.84. The number of ether oxygens (including phenoxy) is 1. The zero-order chi connectivity index (χ0) is 17.0. The van der Waals surface area contributed by atoms with Gasteiger partial charge in [0.1, 0.15) is 5.60 Å². The smallest absolute Gasteiger partial charge is 0.410 e. The molecule has 4 nitrogen and oxygen atoms in total. The van der Waals surface area contributed by atoms with Crippen LogP contribution in [-0.2, 0) is 4.74 Å². The van der Waals surface area contributed by atoms with E-state index in [-0.39, 0.29) is 6.09 Å². The Morgan fingerprint density at radius 2 is 1.96 bits per heavy atom. The lowest BCUT2D eigenvalue weighted by atomic mass is 10.1. The summed E-state index contributed by atoms with van der Waals surface area (Å²) < 4.78 is 5.49. The third-order valence-corrected chi connectivity index (χ3v) is 4.13. The fourth-order valence-corrected chi connectivity index (χ4v) is 2.86. The highest BCUT2D eigenvalue weighted by molar-refractivity contribution is 5.68. The van der Waals surface area contributed by atoms with E-state index in [1.54, 1.807) is 0 Å². The second kappa shape index (κ2) is 7.24. The van der Waals surface area contributed by atoms with Gasteiger partial charge in [0.05, 0.1) is 0 Å². The number of carbonyl (C=O) groups is 1. The van der Waals surface area contributed by atoms with Crippen molar-refractivity contribution in [2.24, 2.45) is 0 Å². The summed E-state index contributed by atoms with van der Waals surface area (Å²) in [6.45, 7) is 11.5. The van der Waals surface area contributed by atoms with E-state index in [1.807, 2.05) is 25.7 Å². The van der Waals surface area contributed by atoms with Gasteiger partial charge in [-0.2, -0.15) is 0 Å². The Morgan fingerprint density at radius 1 is 1.22 bits per heavy atom. The molecule has 1 atom stereocenters. The molecule has 1 aromatic rings. The highest BCUT2D eigenvalue weighted by Crippen LogP contribution is 2.22.